The summed E-state index contributed by atoms with van der Waals surface area (Å²) in [6.07, 6.45) is 0. The number of aryl methyl sites for hydroxylation is 1. The first-order valence-electron chi connectivity index (χ1n) is 6.43. The van der Waals surface area contributed by atoms with Gasteiger partial charge in [-0.1, -0.05) is 22.9 Å². The predicted molar refractivity (Wildman–Crippen MR) is 77.4 cm³/mol. The zero-order valence-corrected chi connectivity index (χ0v) is 13.3. The van der Waals surface area contributed by atoms with E-state index in [1.807, 2.05) is 13.8 Å². The van der Waals surface area contributed by atoms with E-state index in [9.17, 15) is 4.39 Å². The van der Waals surface area contributed by atoms with Gasteiger partial charge in [-0.25, -0.2) is 9.07 Å². The van der Waals surface area contributed by atoms with Gasteiger partial charge in [-0.15, -0.1) is 5.10 Å². The molecule has 0 saturated heterocycles. The van der Waals surface area contributed by atoms with Crippen molar-refractivity contribution in [3.63, 3.8) is 0 Å². The predicted octanol–water partition coefficient (Wildman–Crippen LogP) is 2.69. The lowest BCUT2D eigenvalue weighted by Gasteiger charge is -2.26. The summed E-state index contributed by atoms with van der Waals surface area (Å²) in [4.78, 5) is 2.12. The largest absolute Gasteiger partial charge is 0.289 e. The lowest BCUT2D eigenvalue weighted by Crippen LogP contribution is -2.28. The van der Waals surface area contributed by atoms with Crippen LogP contribution >= 0.6 is 15.9 Å². The molecule has 7 heteroatoms. The molecule has 0 fully saturated rings. The third-order valence-corrected chi connectivity index (χ3v) is 3.85. The summed E-state index contributed by atoms with van der Waals surface area (Å²) >= 11 is 3.37. The average Bonchev–Trinajstić information content (AvgIpc) is 2.85. The normalized spacial score (nSPS) is 12.9. The van der Waals surface area contributed by atoms with Crippen LogP contribution in [0.25, 0.3) is 0 Å². The van der Waals surface area contributed by atoms with Gasteiger partial charge in [0.05, 0.1) is 6.04 Å². The van der Waals surface area contributed by atoms with Crippen molar-refractivity contribution in [2.45, 2.75) is 26.4 Å². The maximum Gasteiger partial charge on any atom is 0.167 e. The first kappa shape index (κ1) is 15.1. The van der Waals surface area contributed by atoms with E-state index in [0.29, 0.717) is 12.1 Å². The second-order valence-corrected chi connectivity index (χ2v) is 5.55. The summed E-state index contributed by atoms with van der Waals surface area (Å²) in [7, 11) is 1.80. The Morgan fingerprint density at radius 2 is 2.20 bits per heavy atom. The van der Waals surface area contributed by atoms with Crippen LogP contribution in [0.2, 0.25) is 0 Å². The van der Waals surface area contributed by atoms with Crippen LogP contribution in [0.5, 0.6) is 0 Å². The fourth-order valence-corrected chi connectivity index (χ4v) is 2.57. The topological polar surface area (TPSA) is 46.8 Å². The minimum Gasteiger partial charge on any atom is -0.289 e. The zero-order valence-electron chi connectivity index (χ0n) is 11.7. The van der Waals surface area contributed by atoms with Crippen molar-refractivity contribution >= 4 is 15.9 Å². The molecule has 0 N–H and O–H groups in total. The van der Waals surface area contributed by atoms with Crippen LogP contribution < -0.4 is 0 Å². The van der Waals surface area contributed by atoms with Crippen molar-refractivity contribution in [1.82, 2.24) is 25.1 Å². The van der Waals surface area contributed by atoms with Gasteiger partial charge in [0.1, 0.15) is 5.82 Å². The van der Waals surface area contributed by atoms with Gasteiger partial charge < -0.3 is 0 Å². The van der Waals surface area contributed by atoms with Crippen molar-refractivity contribution < 1.29 is 4.39 Å². The van der Waals surface area contributed by atoms with E-state index in [0.717, 1.165) is 16.8 Å². The molecule has 2 aromatic rings. The van der Waals surface area contributed by atoms with E-state index in [-0.39, 0.29) is 11.9 Å². The maximum atomic E-state index is 13.9. The van der Waals surface area contributed by atoms with Crippen LogP contribution in [0, 0.1) is 5.82 Å². The van der Waals surface area contributed by atoms with Gasteiger partial charge in [-0.05, 0) is 42.1 Å². The molecule has 0 unspecified atom stereocenters. The van der Waals surface area contributed by atoms with Gasteiger partial charge in [0.15, 0.2) is 5.82 Å². The summed E-state index contributed by atoms with van der Waals surface area (Å²) in [5, 5.41) is 11.5. The molecule has 1 aromatic carbocycles. The number of rotatable bonds is 5. The number of nitrogens with zero attached hydrogens (tertiary/aromatic N) is 5. The SMILES string of the molecule is CCN(Cc1cc(Br)ccc1F)[C@H](C)c1nnnn1C. The van der Waals surface area contributed by atoms with Crippen LogP contribution in [-0.4, -0.2) is 31.7 Å². The van der Waals surface area contributed by atoms with E-state index < -0.39 is 0 Å². The van der Waals surface area contributed by atoms with Gasteiger partial charge in [0.2, 0.25) is 0 Å². The third kappa shape index (κ3) is 3.21. The Balaban J connectivity index is 2.21. The standard InChI is InChI=1S/C13H17BrFN5/c1-4-20(9(2)13-16-17-18-19(13)3)8-10-7-11(14)5-6-12(10)15/h5-7,9H,4,8H2,1-3H3/t9-/m1/s1. The fourth-order valence-electron chi connectivity index (χ4n) is 2.16. The van der Waals surface area contributed by atoms with Crippen molar-refractivity contribution in [2.24, 2.45) is 7.05 Å². The minimum absolute atomic E-state index is 0.0124. The Bertz CT molecular complexity index is 586. The van der Waals surface area contributed by atoms with Crippen molar-refractivity contribution in [2.75, 3.05) is 6.54 Å². The molecule has 1 heterocycles. The van der Waals surface area contributed by atoms with Crippen molar-refractivity contribution in [1.29, 1.82) is 0 Å². The molecule has 0 bridgehead atoms. The second kappa shape index (κ2) is 6.41. The molecule has 0 aliphatic heterocycles. The first-order chi connectivity index (χ1) is 9.52. The molecular formula is C13H17BrFN5. The molecule has 1 aromatic heterocycles. The monoisotopic (exact) mass is 341 g/mol. The van der Waals surface area contributed by atoms with Crippen LogP contribution in [0.15, 0.2) is 22.7 Å². The van der Waals surface area contributed by atoms with Gasteiger partial charge in [0.25, 0.3) is 0 Å². The Morgan fingerprint density at radius 1 is 1.45 bits per heavy atom. The summed E-state index contributed by atoms with van der Waals surface area (Å²) in [5.74, 6) is 0.567. The van der Waals surface area contributed by atoms with Crippen LogP contribution in [0.1, 0.15) is 31.3 Å². The first-order valence-corrected chi connectivity index (χ1v) is 7.22. The Hall–Kier alpha value is -1.34. The Kier molecular flexibility index (Phi) is 4.82. The lowest BCUT2D eigenvalue weighted by atomic mass is 10.1. The number of aromatic nitrogens is 4. The van der Waals surface area contributed by atoms with E-state index in [1.165, 1.54) is 6.07 Å². The molecule has 1 atom stereocenters. The average molecular weight is 342 g/mol. The lowest BCUT2D eigenvalue weighted by molar-refractivity contribution is 0.198. The van der Waals surface area contributed by atoms with Gasteiger partial charge in [-0.3, -0.25) is 4.90 Å². The number of hydrogen-bond acceptors (Lipinski definition) is 4. The van der Waals surface area contributed by atoms with E-state index in [4.69, 9.17) is 0 Å². The smallest absolute Gasteiger partial charge is 0.167 e. The summed E-state index contributed by atoms with van der Waals surface area (Å²) < 4.78 is 16.4. The molecule has 2 rings (SSSR count). The third-order valence-electron chi connectivity index (χ3n) is 3.36. The number of hydrogen-bond donors (Lipinski definition) is 0. The van der Waals surface area contributed by atoms with Crippen LogP contribution in [-0.2, 0) is 13.6 Å². The highest BCUT2D eigenvalue weighted by Gasteiger charge is 2.20. The molecule has 0 radical (unpaired) electrons. The van der Waals surface area contributed by atoms with E-state index >= 15 is 0 Å². The molecule has 0 amide bonds. The zero-order chi connectivity index (χ0) is 14.7. The van der Waals surface area contributed by atoms with Gasteiger partial charge in [0, 0.05) is 23.6 Å². The van der Waals surface area contributed by atoms with Crippen LogP contribution in [0.3, 0.4) is 0 Å². The van der Waals surface area contributed by atoms with Crippen LogP contribution in [0.4, 0.5) is 4.39 Å². The van der Waals surface area contributed by atoms with E-state index in [2.05, 4.69) is 36.4 Å². The second-order valence-electron chi connectivity index (χ2n) is 4.64. The summed E-state index contributed by atoms with van der Waals surface area (Å²) in [6, 6.07) is 4.99. The van der Waals surface area contributed by atoms with E-state index in [1.54, 1.807) is 23.9 Å². The summed E-state index contributed by atoms with van der Waals surface area (Å²) in [5.41, 5.74) is 0.656. The molecular weight excluding hydrogens is 325 g/mol. The Morgan fingerprint density at radius 3 is 2.80 bits per heavy atom. The highest BCUT2D eigenvalue weighted by Crippen LogP contribution is 2.22. The molecule has 0 saturated carbocycles. The minimum atomic E-state index is -0.199. The summed E-state index contributed by atoms with van der Waals surface area (Å²) in [6.45, 7) is 5.34. The quantitative estimate of drug-likeness (QED) is 0.838. The maximum absolute atomic E-state index is 13.9. The molecule has 108 valence electrons. The highest BCUT2D eigenvalue weighted by atomic mass is 79.9. The number of halogens is 2. The molecule has 20 heavy (non-hydrogen) atoms. The van der Waals surface area contributed by atoms with Crippen molar-refractivity contribution in [3.8, 4) is 0 Å². The van der Waals surface area contributed by atoms with Gasteiger partial charge in [-0.2, -0.15) is 0 Å². The molecule has 5 nitrogen and oxygen atoms in total. The molecule has 0 spiro atoms. The molecule has 0 aliphatic rings. The number of tetrazole rings is 1. The Labute approximate surface area is 125 Å². The number of benzene rings is 1. The van der Waals surface area contributed by atoms with Crippen molar-refractivity contribution in [3.05, 3.63) is 39.9 Å². The molecule has 0 aliphatic carbocycles. The highest BCUT2D eigenvalue weighted by molar-refractivity contribution is 9.10. The fraction of sp³-hybridized carbons (Fsp3) is 0.462. The van der Waals surface area contributed by atoms with Gasteiger partial charge >= 0.3 is 0 Å².